The molecule has 0 amide bonds. The maximum Gasteiger partial charge on any atom is 0.573 e. The number of nitrogens with one attached hydrogen (secondary N) is 1. The van der Waals surface area contributed by atoms with Gasteiger partial charge in [-0.15, -0.1) is 13.2 Å². The normalized spacial score (nSPS) is 17.9. The molecule has 7 heteroatoms. The maximum atomic E-state index is 12.5. The molecule has 3 rings (SSSR count). The summed E-state index contributed by atoms with van der Waals surface area (Å²) < 4.78 is 41.5. The molecule has 1 fully saturated rings. The lowest BCUT2D eigenvalue weighted by molar-refractivity contribution is -0.274. The Morgan fingerprint density at radius 1 is 1.13 bits per heavy atom. The second kappa shape index (κ2) is 6.90. The molecule has 0 spiro atoms. The van der Waals surface area contributed by atoms with Crippen LogP contribution in [0.2, 0.25) is 0 Å². The fraction of sp³-hybridized carbons (Fsp3) is 0.375. The Morgan fingerprint density at radius 2 is 1.91 bits per heavy atom. The summed E-state index contributed by atoms with van der Waals surface area (Å²) in [6.07, 6.45) is -4.68. The smallest absolute Gasteiger partial charge is 0.406 e. The number of ether oxygens (including phenoxy) is 1. The molecule has 1 atom stereocenters. The molecule has 1 aromatic carbocycles. The van der Waals surface area contributed by atoms with Crippen LogP contribution in [0.5, 0.6) is 5.75 Å². The summed E-state index contributed by atoms with van der Waals surface area (Å²) >= 11 is 1.59. The Morgan fingerprint density at radius 3 is 2.57 bits per heavy atom. The summed E-state index contributed by atoms with van der Waals surface area (Å²) in [6.45, 7) is 3.45. The van der Waals surface area contributed by atoms with Crippen molar-refractivity contribution in [2.24, 2.45) is 0 Å². The molecule has 0 unspecified atom stereocenters. The van der Waals surface area contributed by atoms with Crippen LogP contribution in [0.3, 0.4) is 0 Å². The molecular weight excluding hydrogens is 325 g/mol. The first-order valence-electron chi connectivity index (χ1n) is 7.35. The summed E-state index contributed by atoms with van der Waals surface area (Å²) in [5.74, 6) is -0.176. The van der Waals surface area contributed by atoms with Gasteiger partial charge in [0.2, 0.25) is 0 Å². The van der Waals surface area contributed by atoms with Gasteiger partial charge in [0.25, 0.3) is 0 Å². The molecule has 2 aromatic rings. The van der Waals surface area contributed by atoms with Crippen molar-refractivity contribution in [3.05, 3.63) is 52.2 Å². The van der Waals surface area contributed by atoms with Gasteiger partial charge in [-0.2, -0.15) is 11.3 Å². The molecule has 1 aliphatic heterocycles. The fourth-order valence-corrected chi connectivity index (χ4v) is 3.55. The summed E-state index contributed by atoms with van der Waals surface area (Å²) in [4.78, 5) is 2.28. The lowest BCUT2D eigenvalue weighted by Gasteiger charge is -2.35. The summed E-state index contributed by atoms with van der Waals surface area (Å²) in [7, 11) is 0. The van der Waals surface area contributed by atoms with E-state index in [1.54, 1.807) is 17.4 Å². The number of halogens is 3. The van der Waals surface area contributed by atoms with Crippen molar-refractivity contribution in [3.63, 3.8) is 0 Å². The predicted molar refractivity (Wildman–Crippen MR) is 83.7 cm³/mol. The largest absolute Gasteiger partial charge is 0.573 e. The van der Waals surface area contributed by atoms with Crippen molar-refractivity contribution in [2.75, 3.05) is 26.2 Å². The highest BCUT2D eigenvalue weighted by atomic mass is 32.1. The first kappa shape index (κ1) is 16.3. The summed E-state index contributed by atoms with van der Waals surface area (Å²) in [5.41, 5.74) is 1.91. The Hall–Kier alpha value is -1.57. The number of nitrogens with zero attached hydrogens (tertiary/aromatic N) is 1. The predicted octanol–water partition coefficient (Wildman–Crippen LogP) is 3.64. The van der Waals surface area contributed by atoms with E-state index in [-0.39, 0.29) is 11.8 Å². The highest BCUT2D eigenvalue weighted by molar-refractivity contribution is 7.08. The third-order valence-corrected chi connectivity index (χ3v) is 4.48. The van der Waals surface area contributed by atoms with Crippen LogP contribution in [0.4, 0.5) is 13.2 Å². The van der Waals surface area contributed by atoms with E-state index in [0.717, 1.165) is 37.3 Å². The van der Waals surface area contributed by atoms with E-state index in [4.69, 9.17) is 0 Å². The molecule has 0 aliphatic carbocycles. The Bertz CT molecular complexity index is 625. The second-order valence-corrected chi connectivity index (χ2v) is 6.15. The van der Waals surface area contributed by atoms with Crippen molar-refractivity contribution < 1.29 is 17.9 Å². The van der Waals surface area contributed by atoms with Crippen LogP contribution >= 0.6 is 11.3 Å². The summed E-state index contributed by atoms with van der Waals surface area (Å²) in [5, 5.41) is 7.33. The third-order valence-electron chi connectivity index (χ3n) is 3.78. The lowest BCUT2D eigenvalue weighted by Crippen LogP contribution is -2.45. The highest BCUT2D eigenvalue weighted by Gasteiger charge is 2.32. The second-order valence-electron chi connectivity index (χ2n) is 5.37. The van der Waals surface area contributed by atoms with Crippen molar-refractivity contribution >= 4 is 11.3 Å². The average molecular weight is 342 g/mol. The number of piperazine rings is 1. The molecule has 3 nitrogen and oxygen atoms in total. The van der Waals surface area contributed by atoms with Crippen LogP contribution in [0.15, 0.2) is 41.1 Å². The van der Waals surface area contributed by atoms with Crippen molar-refractivity contribution in [1.82, 2.24) is 10.2 Å². The van der Waals surface area contributed by atoms with Crippen LogP contribution in [-0.2, 0) is 0 Å². The minimum Gasteiger partial charge on any atom is -0.406 e. The molecule has 23 heavy (non-hydrogen) atoms. The molecule has 1 saturated heterocycles. The van der Waals surface area contributed by atoms with E-state index < -0.39 is 6.36 Å². The minimum absolute atomic E-state index is 0.0554. The molecule has 1 aliphatic rings. The van der Waals surface area contributed by atoms with E-state index >= 15 is 0 Å². The molecule has 1 N–H and O–H groups in total. The van der Waals surface area contributed by atoms with Crippen LogP contribution in [-0.4, -0.2) is 37.4 Å². The van der Waals surface area contributed by atoms with Gasteiger partial charge >= 0.3 is 6.36 Å². The van der Waals surface area contributed by atoms with E-state index in [9.17, 15) is 13.2 Å². The van der Waals surface area contributed by atoms with E-state index in [2.05, 4.69) is 15.0 Å². The molecule has 0 bridgehead atoms. The lowest BCUT2D eigenvalue weighted by atomic mass is 9.98. The first-order valence-corrected chi connectivity index (χ1v) is 8.30. The SMILES string of the molecule is FC(F)(F)Oc1cccc([C@H](c2ccsc2)N2CCNCC2)c1. The molecule has 0 saturated carbocycles. The van der Waals surface area contributed by atoms with Crippen LogP contribution in [0.25, 0.3) is 0 Å². The van der Waals surface area contributed by atoms with Crippen molar-refractivity contribution in [3.8, 4) is 5.75 Å². The number of thiophene rings is 1. The third kappa shape index (κ3) is 4.25. The standard InChI is InChI=1S/C16H17F3N2OS/c17-16(18,19)22-14-3-1-2-12(10-14)15(13-4-9-23-11-13)21-7-5-20-6-8-21/h1-4,9-11,15,20H,5-8H2/t15-/m1/s1. The number of alkyl halides is 3. The van der Waals surface area contributed by atoms with Crippen LogP contribution in [0.1, 0.15) is 17.2 Å². The molecular formula is C16H17F3N2OS. The summed E-state index contributed by atoms with van der Waals surface area (Å²) in [6, 6.07) is 8.25. The topological polar surface area (TPSA) is 24.5 Å². The Kier molecular flexibility index (Phi) is 4.89. The van der Waals surface area contributed by atoms with Gasteiger partial charge < -0.3 is 10.1 Å². The van der Waals surface area contributed by atoms with Gasteiger partial charge in [-0.05, 0) is 40.1 Å². The van der Waals surface area contributed by atoms with Gasteiger partial charge in [0.1, 0.15) is 5.75 Å². The van der Waals surface area contributed by atoms with Crippen LogP contribution in [0, 0.1) is 0 Å². The fourth-order valence-electron chi connectivity index (χ4n) is 2.87. The van der Waals surface area contributed by atoms with E-state index in [0.29, 0.717) is 0 Å². The van der Waals surface area contributed by atoms with E-state index in [1.807, 2.05) is 22.9 Å². The number of benzene rings is 1. The Labute approximate surface area is 136 Å². The first-order chi connectivity index (χ1) is 11.0. The van der Waals surface area contributed by atoms with Gasteiger partial charge in [0.15, 0.2) is 0 Å². The van der Waals surface area contributed by atoms with Gasteiger partial charge in [-0.1, -0.05) is 12.1 Å². The van der Waals surface area contributed by atoms with E-state index in [1.165, 1.54) is 12.1 Å². The van der Waals surface area contributed by atoms with Gasteiger partial charge in [-0.3, -0.25) is 4.90 Å². The molecule has 2 heterocycles. The van der Waals surface area contributed by atoms with Crippen LogP contribution < -0.4 is 10.1 Å². The van der Waals surface area contributed by atoms with Gasteiger partial charge in [-0.25, -0.2) is 0 Å². The zero-order valence-electron chi connectivity index (χ0n) is 12.3. The zero-order valence-corrected chi connectivity index (χ0v) is 13.2. The molecule has 124 valence electrons. The van der Waals surface area contributed by atoms with Gasteiger partial charge in [0.05, 0.1) is 6.04 Å². The number of hydrogen-bond donors (Lipinski definition) is 1. The number of rotatable bonds is 4. The number of hydrogen-bond acceptors (Lipinski definition) is 4. The monoisotopic (exact) mass is 342 g/mol. The highest BCUT2D eigenvalue weighted by Crippen LogP contribution is 2.33. The zero-order chi connectivity index (χ0) is 16.3. The average Bonchev–Trinajstić information content (AvgIpc) is 3.01. The van der Waals surface area contributed by atoms with Crippen molar-refractivity contribution in [2.45, 2.75) is 12.4 Å². The maximum absolute atomic E-state index is 12.5. The minimum atomic E-state index is -4.68. The van der Waals surface area contributed by atoms with Crippen molar-refractivity contribution in [1.29, 1.82) is 0 Å². The quantitative estimate of drug-likeness (QED) is 0.918. The van der Waals surface area contributed by atoms with Gasteiger partial charge in [0, 0.05) is 26.2 Å². The Balaban J connectivity index is 1.91. The molecule has 1 aromatic heterocycles. The molecule has 0 radical (unpaired) electrons.